The third-order valence-electron chi connectivity index (χ3n) is 9.57. The quantitative estimate of drug-likeness (QED) is 0.319. The number of aliphatic carboxylic acids is 1. The van der Waals surface area contributed by atoms with Crippen molar-refractivity contribution in [1.82, 2.24) is 9.62 Å². The van der Waals surface area contributed by atoms with E-state index in [1.54, 1.807) is 0 Å². The number of hydrogen-bond acceptors (Lipinski definition) is 5. The number of amides is 1. The van der Waals surface area contributed by atoms with Gasteiger partial charge in [-0.2, -0.15) is 12.7 Å². The number of carbonyl (C=O) groups is 2. The molecule has 1 amide bonds. The lowest BCUT2D eigenvalue weighted by Crippen LogP contribution is -2.62. The Labute approximate surface area is 204 Å². The Balaban J connectivity index is 1.94. The summed E-state index contributed by atoms with van der Waals surface area (Å²) in [4.78, 5) is 26.1. The van der Waals surface area contributed by atoms with E-state index in [4.69, 9.17) is 10.9 Å². The van der Waals surface area contributed by atoms with E-state index in [9.17, 15) is 23.1 Å². The van der Waals surface area contributed by atoms with E-state index < -0.39 is 34.2 Å². The van der Waals surface area contributed by atoms with Gasteiger partial charge >= 0.3 is 5.97 Å². The van der Waals surface area contributed by atoms with Crippen LogP contribution in [0.15, 0.2) is 0 Å². The molecule has 9 nitrogen and oxygen atoms in total. The van der Waals surface area contributed by atoms with Crippen LogP contribution in [0.3, 0.4) is 0 Å². The zero-order valence-electron chi connectivity index (χ0n) is 21.0. The molecule has 0 saturated heterocycles. The summed E-state index contributed by atoms with van der Waals surface area (Å²) in [5.74, 6) is -1.44. The number of nitrogens with one attached hydrogen (secondary N) is 1. The molecule has 3 fully saturated rings. The van der Waals surface area contributed by atoms with Crippen LogP contribution in [0.25, 0.3) is 0 Å². The normalized spacial score (nSPS) is 30.9. The average molecular weight is 501 g/mol. The minimum Gasteiger partial charge on any atom is -0.480 e. The molecule has 0 aromatic carbocycles. The molecule has 34 heavy (non-hydrogen) atoms. The fourth-order valence-corrected chi connectivity index (χ4v) is 8.17. The molecule has 196 valence electrons. The second-order valence-corrected chi connectivity index (χ2v) is 13.0. The van der Waals surface area contributed by atoms with E-state index in [-0.39, 0.29) is 29.2 Å². The molecule has 10 heteroatoms. The highest BCUT2D eigenvalue weighted by atomic mass is 32.2. The van der Waals surface area contributed by atoms with E-state index in [0.717, 1.165) is 42.8 Å². The van der Waals surface area contributed by atoms with Crippen molar-refractivity contribution in [3.8, 4) is 0 Å². The molecule has 0 aromatic rings. The Morgan fingerprint density at radius 2 is 1.76 bits per heavy atom. The summed E-state index contributed by atoms with van der Waals surface area (Å²) in [7, 11) is -4.46. The van der Waals surface area contributed by atoms with Gasteiger partial charge < -0.3 is 16.2 Å². The lowest BCUT2D eigenvalue weighted by Gasteiger charge is -2.42. The number of fused-ring (bicyclic) bond motifs is 2. The number of nitrogens with zero attached hydrogens (tertiary/aromatic N) is 1. The monoisotopic (exact) mass is 500 g/mol. The number of carbonyl (C=O) groups excluding carboxylic acids is 1. The minimum atomic E-state index is -4.46. The van der Waals surface area contributed by atoms with Gasteiger partial charge in [0.1, 0.15) is 12.1 Å². The van der Waals surface area contributed by atoms with Crippen molar-refractivity contribution in [1.29, 1.82) is 0 Å². The van der Waals surface area contributed by atoms with Crippen LogP contribution in [-0.4, -0.2) is 54.4 Å². The number of unbranched alkanes of at least 4 members (excludes halogenated alkanes) is 1. The van der Waals surface area contributed by atoms with Crippen molar-refractivity contribution in [3.05, 3.63) is 0 Å². The molecular weight excluding hydrogens is 456 g/mol. The number of carboxylic acid groups (broad SMARTS) is 1. The second kappa shape index (κ2) is 10.4. The zero-order chi connectivity index (χ0) is 25.3. The Kier molecular flexibility index (Phi) is 8.37. The van der Waals surface area contributed by atoms with Gasteiger partial charge in [-0.15, -0.1) is 0 Å². The van der Waals surface area contributed by atoms with Crippen molar-refractivity contribution in [2.45, 2.75) is 110 Å². The van der Waals surface area contributed by atoms with Gasteiger partial charge in [0.2, 0.25) is 5.91 Å². The summed E-state index contributed by atoms with van der Waals surface area (Å²) in [6, 6.07) is -2.59. The van der Waals surface area contributed by atoms with Crippen LogP contribution in [0.2, 0.25) is 0 Å². The minimum absolute atomic E-state index is 0.0652. The number of rotatable bonds is 11. The van der Waals surface area contributed by atoms with Crippen LogP contribution in [0.1, 0.15) is 91.4 Å². The van der Waals surface area contributed by atoms with Crippen molar-refractivity contribution in [2.24, 2.45) is 33.5 Å². The smallest absolute Gasteiger partial charge is 0.322 e. The molecule has 5 atom stereocenters. The molecule has 0 aromatic heterocycles. The molecule has 6 N–H and O–H groups in total. The average Bonchev–Trinajstić information content (AvgIpc) is 3.09. The first-order valence-corrected chi connectivity index (χ1v) is 14.4. The molecule has 0 aliphatic heterocycles. The van der Waals surface area contributed by atoms with Gasteiger partial charge in [0.25, 0.3) is 10.2 Å². The predicted octanol–water partition coefficient (Wildman–Crippen LogP) is 2.35. The maximum atomic E-state index is 13.9. The Morgan fingerprint density at radius 3 is 2.24 bits per heavy atom. The molecule has 3 rings (SSSR count). The molecular formula is C24H44N4O5S. The first kappa shape index (κ1) is 27.4. The highest BCUT2D eigenvalue weighted by molar-refractivity contribution is 7.86. The van der Waals surface area contributed by atoms with Gasteiger partial charge in [0, 0.05) is 6.04 Å². The lowest BCUT2D eigenvalue weighted by atomic mass is 9.69. The van der Waals surface area contributed by atoms with Gasteiger partial charge in [-0.25, -0.2) is 5.14 Å². The lowest BCUT2D eigenvalue weighted by molar-refractivity contribution is -0.144. The predicted molar refractivity (Wildman–Crippen MR) is 131 cm³/mol. The molecule has 0 radical (unpaired) electrons. The van der Waals surface area contributed by atoms with Crippen molar-refractivity contribution >= 4 is 22.1 Å². The number of nitrogens with two attached hydrogens (primary N) is 2. The fourth-order valence-electron chi connectivity index (χ4n) is 7.04. The van der Waals surface area contributed by atoms with Crippen molar-refractivity contribution in [2.75, 3.05) is 6.54 Å². The van der Waals surface area contributed by atoms with Crippen LogP contribution in [0.4, 0.5) is 0 Å². The SMILES string of the molecule is CC1(C)C2CCC1(C)[C@@H](NC(=O)C(C1CCCCC1)N([C@@H](CCCCN)C(=O)O)S(N)(=O)=O)C2. The maximum absolute atomic E-state index is 13.9. The highest BCUT2D eigenvalue weighted by Crippen LogP contribution is 2.65. The summed E-state index contributed by atoms with van der Waals surface area (Å²) < 4.78 is 26.5. The van der Waals surface area contributed by atoms with E-state index in [1.165, 1.54) is 0 Å². The summed E-state index contributed by atoms with van der Waals surface area (Å²) in [5.41, 5.74) is 5.57. The molecule has 3 aliphatic rings. The largest absolute Gasteiger partial charge is 0.480 e. The third kappa shape index (κ3) is 5.15. The van der Waals surface area contributed by atoms with E-state index in [2.05, 4.69) is 26.1 Å². The molecule has 0 heterocycles. The Bertz CT molecular complexity index is 857. The fraction of sp³-hybridized carbons (Fsp3) is 0.917. The zero-order valence-corrected chi connectivity index (χ0v) is 21.8. The summed E-state index contributed by atoms with van der Waals surface area (Å²) >= 11 is 0. The van der Waals surface area contributed by atoms with Gasteiger partial charge in [-0.05, 0) is 80.6 Å². The summed E-state index contributed by atoms with van der Waals surface area (Å²) in [6.45, 7) is 7.10. The van der Waals surface area contributed by atoms with E-state index in [1.807, 2.05) is 0 Å². The van der Waals surface area contributed by atoms with Crippen LogP contribution >= 0.6 is 0 Å². The van der Waals surface area contributed by atoms with Gasteiger partial charge in [0.05, 0.1) is 0 Å². The highest BCUT2D eigenvalue weighted by Gasteiger charge is 2.62. The Hall–Kier alpha value is -1.23. The van der Waals surface area contributed by atoms with Crippen LogP contribution < -0.4 is 16.2 Å². The maximum Gasteiger partial charge on any atom is 0.322 e. The van der Waals surface area contributed by atoms with E-state index in [0.29, 0.717) is 38.1 Å². The van der Waals surface area contributed by atoms with Gasteiger partial charge in [-0.3, -0.25) is 9.59 Å². The standard InChI is InChI=1S/C24H44N4O5S/c1-23(2)17-12-13-24(23,3)19(15-17)27-21(29)20(16-9-5-4-6-10-16)28(34(26,32)33)18(22(30)31)11-7-8-14-25/h16-20H,4-15,25H2,1-3H3,(H,27,29)(H,30,31)(H2,26,32,33)/t17?,18-,19-,20?,24?/m0/s1. The molecule has 0 spiro atoms. The van der Waals surface area contributed by atoms with E-state index >= 15 is 0 Å². The number of hydrogen-bond donors (Lipinski definition) is 4. The van der Waals surface area contributed by atoms with Crippen LogP contribution in [0.5, 0.6) is 0 Å². The van der Waals surface area contributed by atoms with Gasteiger partial charge in [0.15, 0.2) is 0 Å². The Morgan fingerprint density at radius 1 is 1.12 bits per heavy atom. The molecule has 3 unspecified atom stereocenters. The summed E-state index contributed by atoms with van der Waals surface area (Å²) in [5, 5.41) is 18.8. The molecule has 3 aliphatic carbocycles. The van der Waals surface area contributed by atoms with Gasteiger partial charge in [-0.1, -0.05) is 40.0 Å². The third-order valence-corrected chi connectivity index (χ3v) is 10.6. The summed E-state index contributed by atoms with van der Waals surface area (Å²) in [6.07, 6.45) is 8.22. The van der Waals surface area contributed by atoms with Crippen LogP contribution in [-0.2, 0) is 19.8 Å². The first-order valence-electron chi connectivity index (χ1n) is 12.9. The molecule has 2 bridgehead atoms. The molecule has 3 saturated carbocycles. The number of carboxylic acids is 1. The van der Waals surface area contributed by atoms with Crippen molar-refractivity contribution < 1.29 is 23.1 Å². The van der Waals surface area contributed by atoms with Crippen molar-refractivity contribution in [3.63, 3.8) is 0 Å². The first-order chi connectivity index (χ1) is 15.8. The van der Waals surface area contributed by atoms with Crippen LogP contribution in [0, 0.1) is 22.7 Å². The topological polar surface area (TPSA) is 156 Å². The second-order valence-electron chi connectivity index (χ2n) is 11.5.